The van der Waals surface area contributed by atoms with Gasteiger partial charge in [0.15, 0.2) is 5.78 Å². The number of carbonyl (C=O) groups is 1. The Hall–Kier alpha value is -1.57. The van der Waals surface area contributed by atoms with Crippen molar-refractivity contribution in [2.75, 3.05) is 6.61 Å². The second-order valence-electron chi connectivity index (χ2n) is 4.97. The Labute approximate surface area is 115 Å². The molecule has 102 valence electrons. The van der Waals surface area contributed by atoms with Crippen LogP contribution < -0.4 is 4.74 Å². The fourth-order valence-electron chi connectivity index (χ4n) is 2.48. The lowest BCUT2D eigenvalue weighted by Gasteiger charge is -2.11. The molecule has 0 spiro atoms. The summed E-state index contributed by atoms with van der Waals surface area (Å²) in [4.78, 5) is 12.5. The van der Waals surface area contributed by atoms with E-state index < -0.39 is 0 Å². The van der Waals surface area contributed by atoms with Crippen LogP contribution in [0.3, 0.4) is 0 Å². The van der Waals surface area contributed by atoms with Crippen LogP contribution in [0.5, 0.6) is 5.75 Å². The third kappa shape index (κ3) is 3.95. The van der Waals surface area contributed by atoms with E-state index in [1.54, 1.807) is 0 Å². The lowest BCUT2D eigenvalue weighted by Crippen LogP contribution is -2.05. The molecule has 0 saturated heterocycles. The van der Waals surface area contributed by atoms with Gasteiger partial charge in [0.2, 0.25) is 0 Å². The number of hydrogen-bond acceptors (Lipinski definition) is 2. The number of hydrogen-bond donors (Lipinski definition) is 0. The molecule has 0 aromatic heterocycles. The molecule has 0 atom stereocenters. The summed E-state index contributed by atoms with van der Waals surface area (Å²) < 4.78 is 5.46. The Balaban J connectivity index is 2.15. The molecule has 0 fully saturated rings. The van der Waals surface area contributed by atoms with Gasteiger partial charge in [0, 0.05) is 5.56 Å². The molecule has 1 aromatic carbocycles. The van der Waals surface area contributed by atoms with Crippen molar-refractivity contribution in [3.63, 3.8) is 0 Å². The van der Waals surface area contributed by atoms with Crippen LogP contribution >= 0.6 is 0 Å². The SMILES string of the molecule is CCOc1cccc(C(=O)/C2=C/CCCCCC2)c1. The highest BCUT2D eigenvalue weighted by Crippen LogP contribution is 2.22. The number of allylic oxidation sites excluding steroid dienone is 2. The number of ketones is 1. The van der Waals surface area contributed by atoms with Crippen molar-refractivity contribution in [1.82, 2.24) is 0 Å². The van der Waals surface area contributed by atoms with Crippen molar-refractivity contribution in [3.05, 3.63) is 41.5 Å². The molecule has 0 saturated carbocycles. The van der Waals surface area contributed by atoms with E-state index in [2.05, 4.69) is 6.08 Å². The molecular weight excluding hydrogens is 236 g/mol. The van der Waals surface area contributed by atoms with Gasteiger partial charge in [-0.1, -0.05) is 31.1 Å². The van der Waals surface area contributed by atoms with Crippen LogP contribution in [0.25, 0.3) is 0 Å². The Kier molecular flexibility index (Phi) is 5.20. The fraction of sp³-hybridized carbons (Fsp3) is 0.471. The quantitative estimate of drug-likeness (QED) is 0.741. The average molecular weight is 258 g/mol. The molecule has 2 heteroatoms. The molecule has 0 aliphatic heterocycles. The van der Waals surface area contributed by atoms with Crippen molar-refractivity contribution in [2.45, 2.75) is 45.4 Å². The van der Waals surface area contributed by atoms with Crippen LogP contribution in [-0.4, -0.2) is 12.4 Å². The van der Waals surface area contributed by atoms with E-state index in [1.165, 1.54) is 19.3 Å². The Bertz CT molecular complexity index is 460. The normalized spacial score (nSPS) is 18.9. The molecule has 0 bridgehead atoms. The molecule has 0 N–H and O–H groups in total. The predicted molar refractivity (Wildman–Crippen MR) is 77.7 cm³/mol. The first kappa shape index (κ1) is 13.9. The van der Waals surface area contributed by atoms with E-state index in [0.29, 0.717) is 6.61 Å². The van der Waals surface area contributed by atoms with Crippen LogP contribution in [0.2, 0.25) is 0 Å². The highest BCUT2D eigenvalue weighted by atomic mass is 16.5. The summed E-state index contributed by atoms with van der Waals surface area (Å²) in [5.74, 6) is 0.947. The van der Waals surface area contributed by atoms with Crippen LogP contribution in [0.15, 0.2) is 35.9 Å². The third-order valence-corrected chi connectivity index (χ3v) is 3.49. The second kappa shape index (κ2) is 7.13. The minimum atomic E-state index is 0.170. The molecule has 19 heavy (non-hydrogen) atoms. The Morgan fingerprint density at radius 1 is 1.21 bits per heavy atom. The van der Waals surface area contributed by atoms with Gasteiger partial charge >= 0.3 is 0 Å². The van der Waals surface area contributed by atoms with E-state index in [0.717, 1.165) is 36.1 Å². The average Bonchev–Trinajstić information content (AvgIpc) is 2.38. The minimum absolute atomic E-state index is 0.170. The predicted octanol–water partition coefficient (Wildman–Crippen LogP) is 4.55. The van der Waals surface area contributed by atoms with Crippen LogP contribution in [0, 0.1) is 0 Å². The van der Waals surface area contributed by atoms with Crippen LogP contribution in [0.1, 0.15) is 55.8 Å². The highest BCUT2D eigenvalue weighted by molar-refractivity contribution is 6.08. The topological polar surface area (TPSA) is 26.3 Å². The van der Waals surface area contributed by atoms with E-state index >= 15 is 0 Å². The largest absolute Gasteiger partial charge is 0.494 e. The lowest BCUT2D eigenvalue weighted by molar-refractivity contribution is 0.102. The molecule has 0 unspecified atom stereocenters. The molecular formula is C17H22O2. The maximum atomic E-state index is 12.5. The maximum Gasteiger partial charge on any atom is 0.188 e. The molecule has 1 aliphatic carbocycles. The summed E-state index contributed by atoms with van der Waals surface area (Å²) >= 11 is 0. The third-order valence-electron chi connectivity index (χ3n) is 3.49. The van der Waals surface area contributed by atoms with Gasteiger partial charge < -0.3 is 4.74 Å². The van der Waals surface area contributed by atoms with Crippen LogP contribution in [0.4, 0.5) is 0 Å². The smallest absolute Gasteiger partial charge is 0.188 e. The van der Waals surface area contributed by atoms with E-state index in [4.69, 9.17) is 4.74 Å². The van der Waals surface area contributed by atoms with E-state index in [-0.39, 0.29) is 5.78 Å². The fourth-order valence-corrected chi connectivity index (χ4v) is 2.48. The molecule has 0 heterocycles. The number of ether oxygens (including phenoxy) is 1. The van der Waals surface area contributed by atoms with Gasteiger partial charge in [-0.3, -0.25) is 4.79 Å². The first-order valence-electron chi connectivity index (χ1n) is 7.28. The van der Waals surface area contributed by atoms with E-state index in [9.17, 15) is 4.79 Å². The molecule has 0 radical (unpaired) electrons. The molecule has 2 rings (SSSR count). The van der Waals surface area contributed by atoms with Crippen molar-refractivity contribution < 1.29 is 9.53 Å². The van der Waals surface area contributed by atoms with Crippen LogP contribution in [-0.2, 0) is 0 Å². The monoisotopic (exact) mass is 258 g/mol. The maximum absolute atomic E-state index is 12.5. The van der Waals surface area contributed by atoms with Gasteiger partial charge in [0.05, 0.1) is 6.61 Å². The summed E-state index contributed by atoms with van der Waals surface area (Å²) in [6.45, 7) is 2.58. The van der Waals surface area contributed by atoms with Gasteiger partial charge in [-0.25, -0.2) is 0 Å². The first-order valence-corrected chi connectivity index (χ1v) is 7.28. The molecule has 1 aromatic rings. The molecule has 0 amide bonds. The zero-order valence-corrected chi connectivity index (χ0v) is 11.7. The first-order chi connectivity index (χ1) is 9.31. The summed E-state index contributed by atoms with van der Waals surface area (Å²) in [6, 6.07) is 7.52. The zero-order valence-electron chi connectivity index (χ0n) is 11.7. The van der Waals surface area contributed by atoms with Crippen molar-refractivity contribution in [2.24, 2.45) is 0 Å². The zero-order chi connectivity index (χ0) is 13.5. The summed E-state index contributed by atoms with van der Waals surface area (Å²) in [7, 11) is 0. The molecule has 2 nitrogen and oxygen atoms in total. The van der Waals surface area contributed by atoms with Gasteiger partial charge in [0.1, 0.15) is 5.75 Å². The summed E-state index contributed by atoms with van der Waals surface area (Å²) in [6.07, 6.45) is 8.94. The highest BCUT2D eigenvalue weighted by Gasteiger charge is 2.13. The Morgan fingerprint density at radius 3 is 2.89 bits per heavy atom. The van der Waals surface area contributed by atoms with E-state index in [1.807, 2.05) is 31.2 Å². The standard InChI is InChI=1S/C17H22O2/c1-2-19-16-12-8-11-15(13-16)17(18)14-9-6-4-3-5-7-10-14/h8-9,11-13H,2-7,10H2,1H3/b14-9+. The van der Waals surface area contributed by atoms with Gasteiger partial charge in [-0.15, -0.1) is 0 Å². The molecule has 1 aliphatic rings. The number of rotatable bonds is 4. The Morgan fingerprint density at radius 2 is 2.05 bits per heavy atom. The van der Waals surface area contributed by atoms with Crippen molar-refractivity contribution >= 4 is 5.78 Å². The van der Waals surface area contributed by atoms with Crippen molar-refractivity contribution in [1.29, 1.82) is 0 Å². The van der Waals surface area contributed by atoms with Gasteiger partial charge in [-0.2, -0.15) is 0 Å². The number of benzene rings is 1. The summed E-state index contributed by atoms with van der Waals surface area (Å²) in [5, 5.41) is 0. The second-order valence-corrected chi connectivity index (χ2v) is 4.97. The number of carbonyl (C=O) groups excluding carboxylic acids is 1. The summed E-state index contributed by atoms with van der Waals surface area (Å²) in [5.41, 5.74) is 1.73. The lowest BCUT2D eigenvalue weighted by atomic mass is 9.94. The van der Waals surface area contributed by atoms with Gasteiger partial charge in [0.25, 0.3) is 0 Å². The van der Waals surface area contributed by atoms with Crippen molar-refractivity contribution in [3.8, 4) is 5.75 Å². The minimum Gasteiger partial charge on any atom is -0.494 e. The number of Topliss-reactive ketones (excluding diaryl/α,β-unsaturated/α-hetero) is 1. The van der Waals surface area contributed by atoms with Gasteiger partial charge in [-0.05, 0) is 50.3 Å².